The second-order valence-electron chi connectivity index (χ2n) is 2.43. The number of hydrogen-bond acceptors (Lipinski definition) is 2. The molecule has 0 aromatic rings. The lowest BCUT2D eigenvalue weighted by Gasteiger charge is -2.16. The molecule has 9 heavy (non-hydrogen) atoms. The minimum atomic E-state index is -0.938. The fourth-order valence-corrected chi connectivity index (χ4v) is 0.436. The third-order valence-electron chi connectivity index (χ3n) is 1.13. The maximum absolute atomic E-state index is 9.15. The van der Waals surface area contributed by atoms with Crippen LogP contribution in [0.2, 0.25) is 0 Å². The van der Waals surface area contributed by atoms with E-state index in [0.29, 0.717) is 6.42 Å². The Balaban J connectivity index is 3.58. The Morgan fingerprint density at radius 3 is 2.44 bits per heavy atom. The smallest absolute Gasteiger partial charge is 0.0883 e. The Kier molecular flexibility index (Phi) is 3.50. The van der Waals surface area contributed by atoms with Crippen molar-refractivity contribution in [3.63, 3.8) is 0 Å². The highest BCUT2D eigenvalue weighted by molar-refractivity contribution is 4.86. The van der Waals surface area contributed by atoms with Gasteiger partial charge in [0.05, 0.1) is 12.2 Å². The van der Waals surface area contributed by atoms with Crippen LogP contribution in [-0.2, 0) is 0 Å². The van der Waals surface area contributed by atoms with E-state index in [0.717, 1.165) is 0 Å². The minimum absolute atomic E-state index is 0.183. The van der Waals surface area contributed by atoms with Crippen molar-refractivity contribution in [3.8, 4) is 0 Å². The van der Waals surface area contributed by atoms with Crippen molar-refractivity contribution in [2.24, 2.45) is 0 Å². The summed E-state index contributed by atoms with van der Waals surface area (Å²) in [6.45, 7) is 3.30. The van der Waals surface area contributed by atoms with Gasteiger partial charge in [0.2, 0.25) is 0 Å². The topological polar surface area (TPSA) is 40.5 Å². The van der Waals surface area contributed by atoms with E-state index in [-0.39, 0.29) is 6.61 Å². The molecule has 0 spiro atoms. The fourth-order valence-electron chi connectivity index (χ4n) is 0.436. The molecule has 0 bridgehead atoms. The van der Waals surface area contributed by atoms with E-state index in [1.807, 2.05) is 19.1 Å². The summed E-state index contributed by atoms with van der Waals surface area (Å²) >= 11 is 0. The normalized spacial score (nSPS) is 18.2. The first kappa shape index (κ1) is 8.66. The molecule has 0 aromatic carbocycles. The zero-order chi connectivity index (χ0) is 7.33. The maximum atomic E-state index is 9.15. The van der Waals surface area contributed by atoms with Crippen molar-refractivity contribution >= 4 is 0 Å². The molecule has 2 heteroatoms. The Bertz CT molecular complexity index is 95.1. The van der Waals surface area contributed by atoms with Crippen molar-refractivity contribution in [1.82, 2.24) is 0 Å². The lowest BCUT2D eigenvalue weighted by atomic mass is 10.0. The van der Waals surface area contributed by atoms with E-state index in [1.165, 1.54) is 0 Å². The number of allylic oxidation sites excluding steroid dienone is 1. The molecule has 1 atom stereocenters. The molecule has 0 rings (SSSR count). The van der Waals surface area contributed by atoms with Crippen LogP contribution in [0.3, 0.4) is 0 Å². The van der Waals surface area contributed by atoms with Gasteiger partial charge in [0.15, 0.2) is 0 Å². The molecule has 0 aliphatic rings. The Hall–Kier alpha value is -0.340. The molecular weight excluding hydrogens is 116 g/mol. The summed E-state index contributed by atoms with van der Waals surface area (Å²) in [5.74, 6) is 0. The molecule has 54 valence electrons. The van der Waals surface area contributed by atoms with Crippen LogP contribution in [0.1, 0.15) is 20.3 Å². The first-order valence-electron chi connectivity index (χ1n) is 3.07. The maximum Gasteiger partial charge on any atom is 0.0883 e. The molecule has 2 N–H and O–H groups in total. The van der Waals surface area contributed by atoms with Crippen LogP contribution < -0.4 is 0 Å². The highest BCUT2D eigenvalue weighted by Crippen LogP contribution is 2.07. The zero-order valence-corrected chi connectivity index (χ0v) is 5.96. The van der Waals surface area contributed by atoms with Crippen LogP contribution in [0.4, 0.5) is 0 Å². The van der Waals surface area contributed by atoms with E-state index >= 15 is 0 Å². The zero-order valence-electron chi connectivity index (χ0n) is 5.96. The molecule has 0 fully saturated rings. The lowest BCUT2D eigenvalue weighted by Crippen LogP contribution is -2.27. The largest absolute Gasteiger partial charge is 0.393 e. The third-order valence-corrected chi connectivity index (χ3v) is 1.13. The van der Waals surface area contributed by atoms with Crippen LogP contribution in [-0.4, -0.2) is 22.4 Å². The van der Waals surface area contributed by atoms with E-state index in [4.69, 9.17) is 10.2 Å². The van der Waals surface area contributed by atoms with Gasteiger partial charge in [-0.05, 0) is 20.3 Å². The van der Waals surface area contributed by atoms with Gasteiger partial charge in [-0.1, -0.05) is 12.2 Å². The van der Waals surface area contributed by atoms with E-state index in [1.54, 1.807) is 6.92 Å². The predicted molar refractivity (Wildman–Crippen MR) is 37.1 cm³/mol. The summed E-state index contributed by atoms with van der Waals surface area (Å²) in [6, 6.07) is 0. The molecule has 0 heterocycles. The van der Waals surface area contributed by atoms with E-state index < -0.39 is 5.60 Å². The van der Waals surface area contributed by atoms with Gasteiger partial charge < -0.3 is 10.2 Å². The van der Waals surface area contributed by atoms with Gasteiger partial charge in [0.25, 0.3) is 0 Å². The predicted octanol–water partition coefficient (Wildman–Crippen LogP) is 0.696. The van der Waals surface area contributed by atoms with Gasteiger partial charge in [-0.3, -0.25) is 0 Å². The SMILES string of the molecule is C/C=C/CC(C)(O)CO. The molecule has 0 amide bonds. The van der Waals surface area contributed by atoms with Gasteiger partial charge in [-0.2, -0.15) is 0 Å². The lowest BCUT2D eigenvalue weighted by molar-refractivity contribution is 0.00450. The molecule has 0 saturated carbocycles. The Labute approximate surface area is 55.8 Å². The average Bonchev–Trinajstić information content (AvgIpc) is 1.84. The first-order chi connectivity index (χ1) is 4.12. The van der Waals surface area contributed by atoms with E-state index in [2.05, 4.69) is 0 Å². The monoisotopic (exact) mass is 130 g/mol. The number of rotatable bonds is 3. The summed E-state index contributed by atoms with van der Waals surface area (Å²) in [6.07, 6.45) is 4.19. The standard InChI is InChI=1S/C7H14O2/c1-3-4-5-7(2,9)6-8/h3-4,8-9H,5-6H2,1-2H3/b4-3+. The van der Waals surface area contributed by atoms with Crippen molar-refractivity contribution < 1.29 is 10.2 Å². The molecular formula is C7H14O2. The second-order valence-corrected chi connectivity index (χ2v) is 2.43. The van der Waals surface area contributed by atoms with Crippen LogP contribution in [0.15, 0.2) is 12.2 Å². The quantitative estimate of drug-likeness (QED) is 0.552. The number of aliphatic hydroxyl groups is 2. The molecule has 0 saturated heterocycles. The molecule has 1 unspecified atom stereocenters. The van der Waals surface area contributed by atoms with Crippen LogP contribution in [0.25, 0.3) is 0 Å². The van der Waals surface area contributed by atoms with Gasteiger partial charge in [-0.15, -0.1) is 0 Å². The van der Waals surface area contributed by atoms with Gasteiger partial charge in [0.1, 0.15) is 0 Å². The highest BCUT2D eigenvalue weighted by Gasteiger charge is 2.15. The van der Waals surface area contributed by atoms with Gasteiger partial charge in [0, 0.05) is 0 Å². The Morgan fingerprint density at radius 1 is 1.56 bits per heavy atom. The first-order valence-corrected chi connectivity index (χ1v) is 3.07. The molecule has 0 aliphatic heterocycles. The van der Waals surface area contributed by atoms with Gasteiger partial charge in [-0.25, -0.2) is 0 Å². The van der Waals surface area contributed by atoms with Crippen LogP contribution >= 0.6 is 0 Å². The fraction of sp³-hybridized carbons (Fsp3) is 0.714. The molecule has 2 nitrogen and oxygen atoms in total. The second kappa shape index (κ2) is 3.64. The van der Waals surface area contributed by atoms with Crippen molar-refractivity contribution in [3.05, 3.63) is 12.2 Å². The summed E-state index contributed by atoms with van der Waals surface area (Å²) in [4.78, 5) is 0. The average molecular weight is 130 g/mol. The van der Waals surface area contributed by atoms with Crippen molar-refractivity contribution in [2.75, 3.05) is 6.61 Å². The van der Waals surface area contributed by atoms with Crippen LogP contribution in [0, 0.1) is 0 Å². The molecule has 0 aromatic heterocycles. The summed E-state index contributed by atoms with van der Waals surface area (Å²) in [7, 11) is 0. The van der Waals surface area contributed by atoms with Crippen molar-refractivity contribution in [1.29, 1.82) is 0 Å². The third kappa shape index (κ3) is 4.18. The number of hydrogen-bond donors (Lipinski definition) is 2. The summed E-state index contributed by atoms with van der Waals surface area (Å²) in [5.41, 5.74) is -0.938. The number of aliphatic hydroxyl groups excluding tert-OH is 1. The molecule has 0 radical (unpaired) electrons. The van der Waals surface area contributed by atoms with Gasteiger partial charge >= 0.3 is 0 Å². The van der Waals surface area contributed by atoms with E-state index in [9.17, 15) is 0 Å². The van der Waals surface area contributed by atoms with Crippen molar-refractivity contribution in [2.45, 2.75) is 25.9 Å². The highest BCUT2D eigenvalue weighted by atomic mass is 16.3. The summed E-state index contributed by atoms with van der Waals surface area (Å²) in [5, 5.41) is 17.7. The molecule has 0 aliphatic carbocycles. The Morgan fingerprint density at radius 2 is 2.11 bits per heavy atom. The van der Waals surface area contributed by atoms with Crippen LogP contribution in [0.5, 0.6) is 0 Å². The minimum Gasteiger partial charge on any atom is -0.393 e. The summed E-state index contributed by atoms with van der Waals surface area (Å²) < 4.78 is 0.